The van der Waals surface area contributed by atoms with Crippen LogP contribution >= 0.6 is 23.1 Å². The van der Waals surface area contributed by atoms with E-state index >= 15 is 0 Å². The topological polar surface area (TPSA) is 68.5 Å². The fourth-order valence-electron chi connectivity index (χ4n) is 3.08. The summed E-state index contributed by atoms with van der Waals surface area (Å²) in [5.41, 5.74) is 1.99. The molecule has 0 aliphatic carbocycles. The van der Waals surface area contributed by atoms with Crippen LogP contribution in [0.4, 0.5) is 0 Å². The van der Waals surface area contributed by atoms with Crippen molar-refractivity contribution in [3.63, 3.8) is 0 Å². The fraction of sp³-hybridized carbons (Fsp3) is 0.316. The van der Waals surface area contributed by atoms with Crippen LogP contribution in [0.1, 0.15) is 17.4 Å². The van der Waals surface area contributed by atoms with Crippen LogP contribution in [0.3, 0.4) is 0 Å². The molecule has 0 fully saturated rings. The average molecular weight is 402 g/mol. The van der Waals surface area contributed by atoms with Gasteiger partial charge >= 0.3 is 0 Å². The highest BCUT2D eigenvalue weighted by molar-refractivity contribution is 8.00. The van der Waals surface area contributed by atoms with Crippen molar-refractivity contribution in [3.8, 4) is 17.2 Å². The monoisotopic (exact) mass is 401 g/mol. The molecule has 8 heteroatoms. The zero-order chi connectivity index (χ0) is 18.8. The Morgan fingerprint density at radius 3 is 3.04 bits per heavy atom. The first-order chi connectivity index (χ1) is 13.2. The number of ether oxygens (including phenoxy) is 1. The molecule has 0 N–H and O–H groups in total. The molecular weight excluding hydrogens is 382 g/mol. The number of amides is 1. The molecule has 27 heavy (non-hydrogen) atoms. The summed E-state index contributed by atoms with van der Waals surface area (Å²) in [5, 5.41) is 10.4. The molecule has 6 nitrogen and oxygen atoms in total. The van der Waals surface area contributed by atoms with E-state index in [1.165, 1.54) is 22.2 Å². The second-order valence-corrected chi connectivity index (χ2v) is 8.51. The number of aromatic nitrogens is 2. The Bertz CT molecular complexity index is 953. The van der Waals surface area contributed by atoms with E-state index < -0.39 is 0 Å². The van der Waals surface area contributed by atoms with Gasteiger partial charge in [0.25, 0.3) is 11.1 Å². The first-order valence-electron chi connectivity index (χ1n) is 8.63. The molecule has 3 aromatic rings. The highest BCUT2D eigenvalue weighted by Gasteiger charge is 2.27. The number of hydrogen-bond acceptors (Lipinski definition) is 7. The highest BCUT2D eigenvalue weighted by atomic mass is 32.2. The molecule has 0 bridgehead atoms. The van der Waals surface area contributed by atoms with Crippen molar-refractivity contribution in [1.82, 2.24) is 15.1 Å². The summed E-state index contributed by atoms with van der Waals surface area (Å²) in [7, 11) is 1.60. The molecule has 0 spiro atoms. The van der Waals surface area contributed by atoms with Gasteiger partial charge in [-0.2, -0.15) is 0 Å². The number of thioether (sulfide) groups is 1. The maximum Gasteiger partial charge on any atom is 0.277 e. The number of thiophene rings is 1. The van der Waals surface area contributed by atoms with E-state index in [1.807, 2.05) is 36.1 Å². The van der Waals surface area contributed by atoms with Crippen LogP contribution in [0.5, 0.6) is 5.75 Å². The number of benzene rings is 1. The number of methoxy groups -OCH3 is 1. The second kappa shape index (κ2) is 7.74. The molecule has 0 radical (unpaired) electrons. The van der Waals surface area contributed by atoms with E-state index in [4.69, 9.17) is 9.15 Å². The summed E-state index contributed by atoms with van der Waals surface area (Å²) < 4.78 is 11.1. The van der Waals surface area contributed by atoms with E-state index in [1.54, 1.807) is 18.4 Å². The Kier molecular flexibility index (Phi) is 5.18. The molecular formula is C19H19N3O3S2. The molecule has 1 aromatic carbocycles. The van der Waals surface area contributed by atoms with Crippen LogP contribution in [-0.2, 0) is 17.8 Å². The minimum Gasteiger partial charge on any atom is -0.496 e. The molecule has 4 rings (SSSR count). The summed E-state index contributed by atoms with van der Waals surface area (Å²) in [6.45, 7) is 3.31. The van der Waals surface area contributed by atoms with E-state index in [2.05, 4.69) is 21.6 Å². The average Bonchev–Trinajstić information content (AvgIpc) is 3.35. The number of carbonyl (C=O) groups is 1. The van der Waals surface area contributed by atoms with Crippen LogP contribution in [0.2, 0.25) is 0 Å². The van der Waals surface area contributed by atoms with Crippen LogP contribution in [0, 0.1) is 0 Å². The van der Waals surface area contributed by atoms with Gasteiger partial charge in [-0.3, -0.25) is 4.79 Å². The lowest BCUT2D eigenvalue weighted by molar-refractivity contribution is -0.131. The fourth-order valence-corrected chi connectivity index (χ4v) is 4.74. The summed E-state index contributed by atoms with van der Waals surface area (Å²) in [4.78, 5) is 16.1. The normalized spacial score (nSPS) is 14.7. The Morgan fingerprint density at radius 2 is 2.19 bits per heavy atom. The van der Waals surface area contributed by atoms with E-state index in [0.717, 1.165) is 18.5 Å². The third kappa shape index (κ3) is 3.72. The smallest absolute Gasteiger partial charge is 0.277 e. The molecule has 3 heterocycles. The molecule has 0 saturated heterocycles. The predicted molar refractivity (Wildman–Crippen MR) is 105 cm³/mol. The summed E-state index contributed by atoms with van der Waals surface area (Å²) in [5.74, 6) is 1.14. The molecule has 1 aliphatic rings. The Balaban J connectivity index is 1.44. The molecule has 2 aromatic heterocycles. The van der Waals surface area contributed by atoms with E-state index in [0.29, 0.717) is 23.4 Å². The van der Waals surface area contributed by atoms with Gasteiger partial charge in [-0.25, -0.2) is 0 Å². The molecule has 140 valence electrons. The first-order valence-corrected chi connectivity index (χ1v) is 10.4. The summed E-state index contributed by atoms with van der Waals surface area (Å²) in [6, 6.07) is 9.58. The van der Waals surface area contributed by atoms with Crippen LogP contribution in [-0.4, -0.2) is 39.9 Å². The third-order valence-corrected chi connectivity index (χ3v) is 6.43. The van der Waals surface area contributed by atoms with Crippen LogP contribution < -0.4 is 4.74 Å². The first kappa shape index (κ1) is 18.1. The zero-order valence-electron chi connectivity index (χ0n) is 15.0. The van der Waals surface area contributed by atoms with Crippen LogP contribution in [0.25, 0.3) is 11.5 Å². The lowest BCUT2D eigenvalue weighted by atomic mass is 10.1. The maximum atomic E-state index is 12.8. The Hall–Kier alpha value is -2.32. The third-order valence-electron chi connectivity index (χ3n) is 4.49. The van der Waals surface area contributed by atoms with Gasteiger partial charge in [-0.15, -0.1) is 21.5 Å². The van der Waals surface area contributed by atoms with Crippen molar-refractivity contribution in [3.05, 3.63) is 46.2 Å². The number of hydrogen-bond donors (Lipinski definition) is 0. The zero-order valence-corrected chi connectivity index (χ0v) is 16.7. The number of nitrogens with zero attached hydrogens (tertiary/aromatic N) is 3. The minimum atomic E-state index is -0.295. The van der Waals surface area contributed by atoms with Gasteiger partial charge in [0.05, 0.1) is 17.9 Å². The standard InChI is InChI=1S/C19H19N3O3S2/c1-12(18(23)22-9-7-16-13(11-22)8-10-26-16)27-19-21-20-17(25-19)14-5-3-4-6-15(14)24-2/h3-6,8,10,12H,7,9,11H2,1-2H3. The van der Waals surface area contributed by atoms with E-state index in [-0.39, 0.29) is 11.2 Å². The lowest BCUT2D eigenvalue weighted by Gasteiger charge is -2.28. The van der Waals surface area contributed by atoms with Crippen molar-refractivity contribution in [2.24, 2.45) is 0 Å². The second-order valence-electron chi connectivity index (χ2n) is 6.21. The number of rotatable bonds is 5. The quantitative estimate of drug-likeness (QED) is 0.605. The van der Waals surface area contributed by atoms with Crippen LogP contribution in [0.15, 0.2) is 45.4 Å². The maximum absolute atomic E-state index is 12.8. The Labute approximate surface area is 165 Å². The molecule has 1 aliphatic heterocycles. The predicted octanol–water partition coefficient (Wildman–Crippen LogP) is 3.87. The largest absolute Gasteiger partial charge is 0.496 e. The SMILES string of the molecule is COc1ccccc1-c1nnc(SC(C)C(=O)N2CCc3sccc3C2)o1. The number of carbonyl (C=O) groups excluding carboxylic acids is 1. The van der Waals surface area contributed by atoms with Gasteiger partial charge in [0.1, 0.15) is 5.75 Å². The van der Waals surface area contributed by atoms with Crippen molar-refractivity contribution < 1.29 is 13.9 Å². The molecule has 1 unspecified atom stereocenters. The van der Waals surface area contributed by atoms with Gasteiger partial charge in [-0.1, -0.05) is 23.9 Å². The number of para-hydroxylation sites is 1. The van der Waals surface area contributed by atoms with E-state index in [9.17, 15) is 4.79 Å². The van der Waals surface area contributed by atoms with Gasteiger partial charge in [0.2, 0.25) is 5.91 Å². The van der Waals surface area contributed by atoms with Gasteiger partial charge in [-0.05, 0) is 42.5 Å². The number of fused-ring (bicyclic) bond motifs is 1. The van der Waals surface area contributed by atoms with Crippen molar-refractivity contribution in [2.45, 2.75) is 30.4 Å². The van der Waals surface area contributed by atoms with Gasteiger partial charge in [0, 0.05) is 18.0 Å². The van der Waals surface area contributed by atoms with Gasteiger partial charge < -0.3 is 14.1 Å². The summed E-state index contributed by atoms with van der Waals surface area (Å²) in [6.07, 6.45) is 0.925. The van der Waals surface area contributed by atoms with Gasteiger partial charge in [0.15, 0.2) is 0 Å². The van der Waals surface area contributed by atoms with Crippen molar-refractivity contribution >= 4 is 29.0 Å². The molecule has 1 atom stereocenters. The Morgan fingerprint density at radius 1 is 1.33 bits per heavy atom. The van der Waals surface area contributed by atoms with Crippen molar-refractivity contribution in [1.29, 1.82) is 0 Å². The lowest BCUT2D eigenvalue weighted by Crippen LogP contribution is -2.39. The highest BCUT2D eigenvalue weighted by Crippen LogP contribution is 2.32. The molecule has 0 saturated carbocycles. The van der Waals surface area contributed by atoms with Crippen molar-refractivity contribution in [2.75, 3.05) is 13.7 Å². The summed E-state index contributed by atoms with van der Waals surface area (Å²) >= 11 is 3.06. The minimum absolute atomic E-state index is 0.0916. The molecule has 1 amide bonds.